The third-order valence-corrected chi connectivity index (χ3v) is 5.33. The van der Waals surface area contributed by atoms with Crippen LogP contribution in [0.3, 0.4) is 0 Å². The van der Waals surface area contributed by atoms with Crippen LogP contribution in [-0.4, -0.2) is 0 Å². The van der Waals surface area contributed by atoms with Gasteiger partial charge in [-0.25, -0.2) is 9.13 Å². The first-order chi connectivity index (χ1) is 12.7. The van der Waals surface area contributed by atoms with E-state index in [-0.39, 0.29) is 48.0 Å². The lowest BCUT2D eigenvalue weighted by Crippen LogP contribution is -3.00. The topological polar surface area (TPSA) is 7.76 Å². The number of aryl methyl sites for hydroxylation is 2. The van der Waals surface area contributed by atoms with Gasteiger partial charge in [0.2, 0.25) is 0 Å². The molecule has 0 amide bonds. The molecule has 0 radical (unpaired) electrons. The highest BCUT2D eigenvalue weighted by Gasteiger charge is 2.18. The first-order valence-electron chi connectivity index (χ1n) is 10.6. The fraction of sp³-hybridized carbons (Fsp3) is 0.583. The monoisotopic (exact) mass is 608 g/mol. The van der Waals surface area contributed by atoms with Crippen molar-refractivity contribution in [3.8, 4) is 0 Å². The van der Waals surface area contributed by atoms with Crippen molar-refractivity contribution in [2.24, 2.45) is 14.1 Å². The van der Waals surface area contributed by atoms with E-state index in [1.807, 2.05) is 0 Å². The average Bonchev–Trinajstić information content (AvgIpc) is 2.63. The van der Waals surface area contributed by atoms with Crippen LogP contribution in [0.15, 0.2) is 49.1 Å². The minimum Gasteiger partial charge on any atom is -1.00 e. The van der Waals surface area contributed by atoms with Crippen LogP contribution in [0, 0.1) is 0 Å². The Morgan fingerprint density at radius 2 is 1.11 bits per heavy atom. The maximum Gasteiger partial charge on any atom is 0.172 e. The summed E-state index contributed by atoms with van der Waals surface area (Å²) in [5.74, 6) is 0.499. The quantitative estimate of drug-likeness (QED) is 0.173. The second-order valence-electron chi connectivity index (χ2n) is 7.78. The Hall–Kier alpha value is -0.240. The molecule has 0 aliphatic heterocycles. The molecular weight excluding hydrogens is 570 g/mol. The molecule has 0 aliphatic rings. The maximum atomic E-state index is 2.29. The maximum absolute atomic E-state index is 2.29. The van der Waals surface area contributed by atoms with E-state index in [1.54, 1.807) is 0 Å². The molecule has 0 bridgehead atoms. The summed E-state index contributed by atoms with van der Waals surface area (Å²) in [6.45, 7) is 2.29. The lowest BCUT2D eigenvalue weighted by atomic mass is 9.88. The number of aromatic nitrogens is 2. The highest BCUT2D eigenvalue weighted by molar-refractivity contribution is 5.26. The normalized spacial score (nSPS) is 10.4. The minimum absolute atomic E-state index is 0. The van der Waals surface area contributed by atoms with Crippen molar-refractivity contribution in [3.63, 3.8) is 0 Å². The third kappa shape index (κ3) is 10.5. The van der Waals surface area contributed by atoms with Gasteiger partial charge in [-0.15, -0.1) is 0 Å². The Kier molecular flexibility index (Phi) is 16.4. The predicted octanol–water partition coefficient (Wildman–Crippen LogP) is -0.604. The van der Waals surface area contributed by atoms with Gasteiger partial charge in [-0.05, 0) is 18.6 Å². The largest absolute Gasteiger partial charge is 1.00 e. The average molecular weight is 608 g/mol. The summed E-state index contributed by atoms with van der Waals surface area (Å²) in [4.78, 5) is 0. The van der Waals surface area contributed by atoms with Crippen LogP contribution in [-0.2, 0) is 14.1 Å². The molecule has 28 heavy (non-hydrogen) atoms. The van der Waals surface area contributed by atoms with E-state index < -0.39 is 0 Å². The van der Waals surface area contributed by atoms with Crippen LogP contribution < -0.4 is 57.1 Å². The smallest absolute Gasteiger partial charge is 0.172 e. The zero-order valence-corrected chi connectivity index (χ0v) is 22.2. The van der Waals surface area contributed by atoms with Gasteiger partial charge in [0, 0.05) is 29.2 Å². The Bertz CT molecular complexity index is 601. The molecule has 0 aromatic carbocycles. The van der Waals surface area contributed by atoms with Crippen LogP contribution in [0.2, 0.25) is 0 Å². The van der Waals surface area contributed by atoms with Crippen LogP contribution >= 0.6 is 0 Å². The summed E-state index contributed by atoms with van der Waals surface area (Å²) in [5.41, 5.74) is 2.86. The molecule has 158 valence electrons. The molecule has 2 heterocycles. The van der Waals surface area contributed by atoms with Crippen LogP contribution in [0.4, 0.5) is 0 Å². The van der Waals surface area contributed by atoms with Crippen LogP contribution in [0.1, 0.15) is 88.2 Å². The summed E-state index contributed by atoms with van der Waals surface area (Å²) in [6, 6.07) is 8.90. The van der Waals surface area contributed by atoms with E-state index in [0.717, 1.165) is 0 Å². The van der Waals surface area contributed by atoms with Crippen molar-refractivity contribution in [1.29, 1.82) is 0 Å². The SMILES string of the molecule is CCCCCCCCCCCC(c1ccc[n+](C)c1)c1ccc[n+](C)c1.[I-].[I-]. The lowest BCUT2D eigenvalue weighted by molar-refractivity contribution is -0.672. The second kappa shape index (κ2) is 16.5. The van der Waals surface area contributed by atoms with E-state index in [1.165, 1.54) is 75.3 Å². The number of rotatable bonds is 12. The fourth-order valence-corrected chi connectivity index (χ4v) is 3.82. The fourth-order valence-electron chi connectivity index (χ4n) is 3.82. The molecule has 2 aromatic heterocycles. The van der Waals surface area contributed by atoms with Crippen molar-refractivity contribution < 1.29 is 57.1 Å². The van der Waals surface area contributed by atoms with Crippen molar-refractivity contribution >= 4 is 0 Å². The highest BCUT2D eigenvalue weighted by Crippen LogP contribution is 2.28. The third-order valence-electron chi connectivity index (χ3n) is 5.33. The first-order valence-corrected chi connectivity index (χ1v) is 10.6. The van der Waals surface area contributed by atoms with Crippen molar-refractivity contribution in [2.75, 3.05) is 0 Å². The van der Waals surface area contributed by atoms with Gasteiger partial charge < -0.3 is 48.0 Å². The number of unbranched alkanes of at least 4 members (excludes halogenated alkanes) is 8. The summed E-state index contributed by atoms with van der Waals surface area (Å²) in [5, 5.41) is 0. The van der Waals surface area contributed by atoms with Gasteiger partial charge in [-0.2, -0.15) is 0 Å². The van der Waals surface area contributed by atoms with Gasteiger partial charge in [0.05, 0.1) is 0 Å². The Morgan fingerprint density at radius 3 is 1.54 bits per heavy atom. The lowest BCUT2D eigenvalue weighted by Gasteiger charge is -2.15. The van der Waals surface area contributed by atoms with Crippen molar-refractivity contribution in [1.82, 2.24) is 0 Å². The molecule has 4 heteroatoms. The van der Waals surface area contributed by atoms with Gasteiger partial charge in [0.1, 0.15) is 14.1 Å². The van der Waals surface area contributed by atoms with E-state index in [2.05, 4.69) is 79.2 Å². The van der Waals surface area contributed by atoms with E-state index in [0.29, 0.717) is 5.92 Å². The summed E-state index contributed by atoms with van der Waals surface area (Å²) in [6.07, 6.45) is 22.5. The van der Waals surface area contributed by atoms with Gasteiger partial charge >= 0.3 is 0 Å². The van der Waals surface area contributed by atoms with E-state index in [4.69, 9.17) is 0 Å². The number of halogens is 2. The zero-order chi connectivity index (χ0) is 18.6. The molecule has 0 N–H and O–H groups in total. The Balaban J connectivity index is 0.00000364. The van der Waals surface area contributed by atoms with E-state index >= 15 is 0 Å². The molecule has 0 aliphatic carbocycles. The van der Waals surface area contributed by atoms with Crippen molar-refractivity contribution in [2.45, 2.75) is 77.0 Å². The summed E-state index contributed by atoms with van der Waals surface area (Å²) in [7, 11) is 4.23. The standard InChI is InChI=1S/C24H38N2.2HI/c1-4-5-6-7-8-9-10-11-12-17-24(22-15-13-18-25(2)20-22)23-16-14-19-26(3)21-23;;/h13-16,18-21,24H,4-12,17H2,1-3H3;2*1H/q+2;;/p-2. The first kappa shape index (κ1) is 27.8. The van der Waals surface area contributed by atoms with Crippen LogP contribution in [0.5, 0.6) is 0 Å². The van der Waals surface area contributed by atoms with Crippen molar-refractivity contribution in [3.05, 3.63) is 60.2 Å². The van der Waals surface area contributed by atoms with Gasteiger partial charge in [0.15, 0.2) is 24.8 Å². The zero-order valence-electron chi connectivity index (χ0n) is 17.9. The number of hydrogen-bond donors (Lipinski definition) is 0. The molecule has 2 aromatic rings. The molecule has 2 nitrogen and oxygen atoms in total. The summed E-state index contributed by atoms with van der Waals surface area (Å²) < 4.78 is 4.34. The van der Waals surface area contributed by atoms with Crippen LogP contribution in [0.25, 0.3) is 0 Å². The molecule has 2 rings (SSSR count). The summed E-state index contributed by atoms with van der Waals surface area (Å²) >= 11 is 0. The van der Waals surface area contributed by atoms with E-state index in [9.17, 15) is 0 Å². The molecule has 0 spiro atoms. The Morgan fingerprint density at radius 1 is 0.679 bits per heavy atom. The molecule has 0 saturated carbocycles. The Labute approximate surface area is 207 Å². The number of nitrogens with zero attached hydrogens (tertiary/aromatic N) is 2. The number of hydrogen-bond acceptors (Lipinski definition) is 0. The molecule has 0 fully saturated rings. The molecule has 0 unspecified atom stereocenters. The molecule has 0 atom stereocenters. The predicted molar refractivity (Wildman–Crippen MR) is 109 cm³/mol. The molecular formula is C24H38I2N2. The van der Waals surface area contributed by atoms with Gasteiger partial charge in [-0.3, -0.25) is 0 Å². The van der Waals surface area contributed by atoms with Gasteiger partial charge in [-0.1, -0.05) is 64.7 Å². The highest BCUT2D eigenvalue weighted by atomic mass is 127. The molecule has 0 saturated heterocycles. The van der Waals surface area contributed by atoms with Gasteiger partial charge in [0.25, 0.3) is 0 Å². The second-order valence-corrected chi connectivity index (χ2v) is 7.78. The minimum atomic E-state index is 0. The number of pyridine rings is 2.